The standard InChI is InChI=1S/C19H30N6O3S/c1-23-14(2-3-17(27)24-7-4-15(26)5-8-24)10-20-19(28)18-16(23)6-9-25(18)11-13-12-29-22-21-13/h12,14-16,18,26H,2-11H2,1H3,(H,20,28). The summed E-state index contributed by atoms with van der Waals surface area (Å²) in [6, 6.07) is 0.106. The lowest BCUT2D eigenvalue weighted by molar-refractivity contribution is -0.133. The van der Waals surface area contributed by atoms with E-state index in [-0.39, 0.29) is 36.0 Å². The summed E-state index contributed by atoms with van der Waals surface area (Å²) in [6.45, 7) is 3.35. The van der Waals surface area contributed by atoms with Crippen molar-refractivity contribution < 1.29 is 14.7 Å². The highest BCUT2D eigenvalue weighted by Gasteiger charge is 2.45. The van der Waals surface area contributed by atoms with Gasteiger partial charge in [0, 0.05) is 56.6 Å². The van der Waals surface area contributed by atoms with Gasteiger partial charge in [0.15, 0.2) is 0 Å². The zero-order valence-corrected chi connectivity index (χ0v) is 17.7. The molecule has 1 aromatic heterocycles. The fourth-order valence-corrected chi connectivity index (χ4v) is 5.29. The van der Waals surface area contributed by atoms with Crippen LogP contribution in [0.4, 0.5) is 0 Å². The number of rotatable bonds is 5. The Bertz CT molecular complexity index is 709. The van der Waals surface area contributed by atoms with E-state index >= 15 is 0 Å². The van der Waals surface area contributed by atoms with Gasteiger partial charge in [0.25, 0.3) is 0 Å². The molecule has 3 aliphatic rings. The molecule has 3 unspecified atom stereocenters. The first-order valence-electron chi connectivity index (χ1n) is 10.5. The SMILES string of the molecule is CN1C(CCC(=O)N2CCC(O)CC2)CNC(=O)C2C1CCN2Cc1csnn1. The fraction of sp³-hybridized carbons (Fsp3) is 0.789. The summed E-state index contributed by atoms with van der Waals surface area (Å²) in [6.07, 6.45) is 3.20. The van der Waals surface area contributed by atoms with Crippen molar-refractivity contribution in [1.29, 1.82) is 0 Å². The van der Waals surface area contributed by atoms with Crippen LogP contribution in [0, 0.1) is 0 Å². The Labute approximate surface area is 175 Å². The molecule has 3 saturated heterocycles. The third-order valence-electron chi connectivity index (χ3n) is 6.63. The Morgan fingerprint density at radius 3 is 2.83 bits per heavy atom. The lowest BCUT2D eigenvalue weighted by Crippen LogP contribution is -2.49. The number of carbonyl (C=O) groups excluding carboxylic acids is 2. The molecule has 4 rings (SSSR count). The number of carbonyl (C=O) groups is 2. The van der Waals surface area contributed by atoms with Crippen molar-refractivity contribution in [3.05, 3.63) is 11.1 Å². The van der Waals surface area contributed by atoms with Crippen molar-refractivity contribution in [1.82, 2.24) is 29.6 Å². The molecular formula is C19H30N6O3S. The normalized spacial score (nSPS) is 29.5. The summed E-state index contributed by atoms with van der Waals surface area (Å²) in [7, 11) is 2.08. The van der Waals surface area contributed by atoms with E-state index in [0.717, 1.165) is 25.1 Å². The van der Waals surface area contributed by atoms with Gasteiger partial charge in [0.2, 0.25) is 11.8 Å². The van der Waals surface area contributed by atoms with Crippen LogP contribution in [0.3, 0.4) is 0 Å². The topological polar surface area (TPSA) is 102 Å². The Kier molecular flexibility index (Phi) is 6.43. The van der Waals surface area contributed by atoms with Crippen LogP contribution in [0.25, 0.3) is 0 Å². The summed E-state index contributed by atoms with van der Waals surface area (Å²) in [5.41, 5.74) is 0.907. The van der Waals surface area contributed by atoms with Gasteiger partial charge in [-0.1, -0.05) is 4.49 Å². The number of aliphatic hydroxyl groups is 1. The molecule has 1 aromatic rings. The molecule has 0 aromatic carbocycles. The first kappa shape index (κ1) is 20.6. The first-order valence-corrected chi connectivity index (χ1v) is 11.3. The number of fused-ring (bicyclic) bond motifs is 1. The van der Waals surface area contributed by atoms with Crippen LogP contribution in [0.1, 0.15) is 37.8 Å². The van der Waals surface area contributed by atoms with Gasteiger partial charge in [0.05, 0.1) is 11.8 Å². The smallest absolute Gasteiger partial charge is 0.239 e. The highest BCUT2D eigenvalue weighted by atomic mass is 32.1. The summed E-state index contributed by atoms with van der Waals surface area (Å²) >= 11 is 1.33. The molecule has 3 aliphatic heterocycles. The molecule has 2 amide bonds. The van der Waals surface area contributed by atoms with Crippen LogP contribution in [-0.4, -0.2) is 98.7 Å². The Balaban J connectivity index is 1.35. The number of hydrogen-bond donors (Lipinski definition) is 2. The summed E-state index contributed by atoms with van der Waals surface area (Å²) < 4.78 is 3.92. The van der Waals surface area contributed by atoms with Gasteiger partial charge in [-0.3, -0.25) is 19.4 Å². The number of aliphatic hydroxyl groups excluding tert-OH is 1. The van der Waals surface area contributed by atoms with Crippen molar-refractivity contribution in [3.8, 4) is 0 Å². The van der Waals surface area contributed by atoms with Gasteiger partial charge in [-0.2, -0.15) is 0 Å². The van der Waals surface area contributed by atoms with Crippen LogP contribution in [-0.2, 0) is 16.1 Å². The molecule has 0 radical (unpaired) electrons. The predicted octanol–water partition coefficient (Wildman–Crippen LogP) is -0.325. The fourth-order valence-electron chi connectivity index (χ4n) is 4.85. The Morgan fingerprint density at radius 1 is 1.31 bits per heavy atom. The molecule has 0 aliphatic carbocycles. The predicted molar refractivity (Wildman–Crippen MR) is 108 cm³/mol. The van der Waals surface area contributed by atoms with Crippen LogP contribution in [0.15, 0.2) is 5.38 Å². The zero-order valence-electron chi connectivity index (χ0n) is 16.9. The molecule has 3 atom stereocenters. The largest absolute Gasteiger partial charge is 0.393 e. The minimum Gasteiger partial charge on any atom is -0.393 e. The van der Waals surface area contributed by atoms with Gasteiger partial charge in [0.1, 0.15) is 6.04 Å². The highest BCUT2D eigenvalue weighted by molar-refractivity contribution is 7.03. The molecule has 0 bridgehead atoms. The molecule has 4 heterocycles. The van der Waals surface area contributed by atoms with E-state index in [0.29, 0.717) is 45.4 Å². The lowest BCUT2D eigenvalue weighted by Gasteiger charge is -2.34. The second kappa shape index (κ2) is 9.03. The molecule has 9 nitrogen and oxygen atoms in total. The van der Waals surface area contributed by atoms with E-state index < -0.39 is 0 Å². The quantitative estimate of drug-likeness (QED) is 0.670. The third kappa shape index (κ3) is 4.60. The van der Waals surface area contributed by atoms with Gasteiger partial charge < -0.3 is 15.3 Å². The van der Waals surface area contributed by atoms with Crippen molar-refractivity contribution in [2.45, 2.75) is 62.9 Å². The summed E-state index contributed by atoms with van der Waals surface area (Å²) in [5, 5.41) is 18.8. The first-order chi connectivity index (χ1) is 14.0. The van der Waals surface area contributed by atoms with E-state index in [1.807, 2.05) is 10.3 Å². The van der Waals surface area contributed by atoms with E-state index in [9.17, 15) is 14.7 Å². The number of piperidine rings is 1. The van der Waals surface area contributed by atoms with Crippen LogP contribution in [0.5, 0.6) is 0 Å². The average Bonchev–Trinajstić information content (AvgIpc) is 3.35. The molecule has 3 fully saturated rings. The summed E-state index contributed by atoms with van der Waals surface area (Å²) in [5.74, 6) is 0.225. The molecule has 29 heavy (non-hydrogen) atoms. The minimum absolute atomic E-state index is 0.0707. The van der Waals surface area contributed by atoms with Crippen LogP contribution >= 0.6 is 11.5 Å². The molecule has 0 spiro atoms. The minimum atomic E-state index is -0.274. The number of nitrogens with zero attached hydrogens (tertiary/aromatic N) is 5. The van der Waals surface area contributed by atoms with Gasteiger partial charge in [-0.05, 0) is 44.3 Å². The maximum Gasteiger partial charge on any atom is 0.239 e. The van der Waals surface area contributed by atoms with E-state index in [1.165, 1.54) is 11.5 Å². The third-order valence-corrected chi connectivity index (χ3v) is 7.18. The Hall–Kier alpha value is -1.62. The van der Waals surface area contributed by atoms with Crippen molar-refractivity contribution in [3.63, 3.8) is 0 Å². The van der Waals surface area contributed by atoms with E-state index in [1.54, 1.807) is 0 Å². The van der Waals surface area contributed by atoms with Gasteiger partial charge in [-0.15, -0.1) is 5.10 Å². The van der Waals surface area contributed by atoms with Gasteiger partial charge >= 0.3 is 0 Å². The van der Waals surface area contributed by atoms with E-state index in [4.69, 9.17) is 0 Å². The maximum absolute atomic E-state index is 12.8. The molecule has 0 saturated carbocycles. The maximum atomic E-state index is 12.8. The molecule has 2 N–H and O–H groups in total. The van der Waals surface area contributed by atoms with Crippen molar-refractivity contribution >= 4 is 23.3 Å². The summed E-state index contributed by atoms with van der Waals surface area (Å²) in [4.78, 5) is 31.8. The van der Waals surface area contributed by atoms with Crippen LogP contribution in [0.2, 0.25) is 0 Å². The van der Waals surface area contributed by atoms with Gasteiger partial charge in [-0.25, -0.2) is 0 Å². The average molecular weight is 423 g/mol. The number of amides is 2. The van der Waals surface area contributed by atoms with Crippen molar-refractivity contribution in [2.24, 2.45) is 0 Å². The second-order valence-corrected chi connectivity index (χ2v) is 8.99. The molecule has 160 valence electrons. The lowest BCUT2D eigenvalue weighted by atomic mass is 10.0. The zero-order chi connectivity index (χ0) is 20.4. The number of likely N-dealkylation sites (N-methyl/N-ethyl adjacent to an activating group) is 1. The molecular weight excluding hydrogens is 392 g/mol. The second-order valence-electron chi connectivity index (χ2n) is 8.38. The Morgan fingerprint density at radius 2 is 2.10 bits per heavy atom. The monoisotopic (exact) mass is 422 g/mol. The molecule has 10 heteroatoms. The van der Waals surface area contributed by atoms with E-state index in [2.05, 4.69) is 31.8 Å². The highest BCUT2D eigenvalue weighted by Crippen LogP contribution is 2.28. The van der Waals surface area contributed by atoms with Crippen molar-refractivity contribution in [2.75, 3.05) is 33.2 Å². The number of aromatic nitrogens is 2. The number of likely N-dealkylation sites (tertiary alicyclic amines) is 2. The van der Waals surface area contributed by atoms with Crippen LogP contribution < -0.4 is 5.32 Å². The number of hydrogen-bond acceptors (Lipinski definition) is 8. The number of nitrogens with one attached hydrogen (secondary N) is 1.